The predicted molar refractivity (Wildman–Crippen MR) is 80.9 cm³/mol. The fraction of sp³-hybridized carbons (Fsp3) is 0.600. The summed E-state index contributed by atoms with van der Waals surface area (Å²) in [4.78, 5) is 2.34. The Morgan fingerprint density at radius 1 is 1.42 bits per heavy atom. The van der Waals surface area contributed by atoms with Crippen molar-refractivity contribution in [3.63, 3.8) is 0 Å². The molecule has 0 aliphatic carbocycles. The molecule has 1 fully saturated rings. The Kier molecular flexibility index (Phi) is 5.49. The molecule has 1 unspecified atom stereocenters. The van der Waals surface area contributed by atoms with Gasteiger partial charge in [-0.1, -0.05) is 18.5 Å². The summed E-state index contributed by atoms with van der Waals surface area (Å²) in [5.41, 5.74) is 2.43. The van der Waals surface area contributed by atoms with Gasteiger partial charge in [-0.25, -0.2) is 0 Å². The van der Waals surface area contributed by atoms with Crippen molar-refractivity contribution in [2.75, 3.05) is 24.6 Å². The molecule has 0 saturated carbocycles. The van der Waals surface area contributed by atoms with E-state index in [1.165, 1.54) is 24.1 Å². The average Bonchev–Trinajstić information content (AvgIpc) is 2.45. The van der Waals surface area contributed by atoms with Gasteiger partial charge in [0.05, 0.1) is 12.6 Å². The maximum Gasteiger partial charge on any atom is 0.0635 e. The van der Waals surface area contributed by atoms with E-state index < -0.39 is 0 Å². The van der Waals surface area contributed by atoms with E-state index in [2.05, 4.69) is 23.2 Å². The quantitative estimate of drug-likeness (QED) is 0.872. The van der Waals surface area contributed by atoms with Gasteiger partial charge < -0.3 is 15.3 Å². The first kappa shape index (κ1) is 14.6. The van der Waals surface area contributed by atoms with Gasteiger partial charge in [0.1, 0.15) is 0 Å². The maximum absolute atomic E-state index is 9.56. The second kappa shape index (κ2) is 7.13. The first-order chi connectivity index (χ1) is 9.26. The third-order valence-corrected chi connectivity index (χ3v) is 3.99. The molecule has 4 heteroatoms. The summed E-state index contributed by atoms with van der Waals surface area (Å²) in [6, 6.07) is 6.30. The second-order valence-electron chi connectivity index (χ2n) is 5.08. The highest BCUT2D eigenvalue weighted by atomic mass is 35.5. The average molecular weight is 283 g/mol. The molecule has 1 aromatic carbocycles. The highest BCUT2D eigenvalue weighted by Gasteiger charge is 2.23. The molecule has 0 amide bonds. The molecule has 1 aliphatic rings. The Hall–Kier alpha value is -0.770. The second-order valence-corrected chi connectivity index (χ2v) is 5.52. The van der Waals surface area contributed by atoms with Crippen molar-refractivity contribution >= 4 is 17.3 Å². The minimum atomic E-state index is 0.225. The van der Waals surface area contributed by atoms with E-state index in [-0.39, 0.29) is 12.6 Å². The van der Waals surface area contributed by atoms with Crippen LogP contribution in [0.4, 0.5) is 5.69 Å². The largest absolute Gasteiger partial charge is 0.394 e. The number of nitrogens with zero attached hydrogens (tertiary/aromatic N) is 1. The summed E-state index contributed by atoms with van der Waals surface area (Å²) in [6.07, 6.45) is 3.47. The zero-order chi connectivity index (χ0) is 13.7. The lowest BCUT2D eigenvalue weighted by Gasteiger charge is -2.37. The number of piperidine rings is 1. The van der Waals surface area contributed by atoms with Crippen LogP contribution in [0.5, 0.6) is 0 Å². The number of aliphatic hydroxyl groups excluding tert-OH is 1. The van der Waals surface area contributed by atoms with Crippen LogP contribution in [0, 0.1) is 0 Å². The molecule has 2 rings (SSSR count). The lowest BCUT2D eigenvalue weighted by Crippen LogP contribution is -2.42. The van der Waals surface area contributed by atoms with Gasteiger partial charge in [-0.3, -0.25) is 0 Å². The Labute approximate surface area is 120 Å². The predicted octanol–water partition coefficient (Wildman–Crippen LogP) is 2.80. The molecule has 2 N–H and O–H groups in total. The first-order valence-electron chi connectivity index (χ1n) is 7.13. The molecule has 1 saturated heterocycles. The van der Waals surface area contributed by atoms with Crippen molar-refractivity contribution in [3.8, 4) is 0 Å². The van der Waals surface area contributed by atoms with Crippen molar-refractivity contribution in [2.24, 2.45) is 0 Å². The molecule has 3 nitrogen and oxygen atoms in total. The fourth-order valence-electron chi connectivity index (χ4n) is 2.74. The number of hydrogen-bond acceptors (Lipinski definition) is 3. The Morgan fingerprint density at radius 2 is 2.26 bits per heavy atom. The summed E-state index contributed by atoms with van der Waals surface area (Å²) >= 11 is 6.11. The van der Waals surface area contributed by atoms with Gasteiger partial charge in [0.25, 0.3) is 0 Å². The SMILES string of the molecule is CCNCc1cc(Cl)ccc1N1CCCCC1CO. The first-order valence-corrected chi connectivity index (χ1v) is 7.50. The maximum atomic E-state index is 9.56. The molecule has 1 atom stereocenters. The van der Waals surface area contributed by atoms with E-state index in [4.69, 9.17) is 11.6 Å². The van der Waals surface area contributed by atoms with Crippen LogP contribution in [-0.2, 0) is 6.54 Å². The number of hydrogen-bond donors (Lipinski definition) is 2. The van der Waals surface area contributed by atoms with Crippen LogP contribution < -0.4 is 10.2 Å². The van der Waals surface area contributed by atoms with E-state index >= 15 is 0 Å². The number of halogens is 1. The van der Waals surface area contributed by atoms with Crippen molar-refractivity contribution in [2.45, 2.75) is 38.8 Å². The summed E-state index contributed by atoms with van der Waals surface area (Å²) in [6.45, 7) is 5.10. The van der Waals surface area contributed by atoms with Crippen molar-refractivity contribution < 1.29 is 5.11 Å². The molecule has 0 bridgehead atoms. The van der Waals surface area contributed by atoms with Gasteiger partial charge in [0.2, 0.25) is 0 Å². The molecule has 0 radical (unpaired) electrons. The lowest BCUT2D eigenvalue weighted by molar-refractivity contribution is 0.240. The number of aliphatic hydroxyl groups is 1. The number of nitrogens with one attached hydrogen (secondary N) is 1. The van der Waals surface area contributed by atoms with Crippen LogP contribution in [-0.4, -0.2) is 30.8 Å². The molecule has 0 spiro atoms. The van der Waals surface area contributed by atoms with Crippen LogP contribution in [0.25, 0.3) is 0 Å². The molecular weight excluding hydrogens is 260 g/mol. The van der Waals surface area contributed by atoms with Gasteiger partial charge in [0.15, 0.2) is 0 Å². The fourth-order valence-corrected chi connectivity index (χ4v) is 2.94. The Morgan fingerprint density at radius 3 is 3.00 bits per heavy atom. The molecule has 0 aromatic heterocycles. The number of benzene rings is 1. The van der Waals surface area contributed by atoms with Gasteiger partial charge >= 0.3 is 0 Å². The van der Waals surface area contributed by atoms with Gasteiger partial charge in [-0.2, -0.15) is 0 Å². The summed E-state index contributed by atoms with van der Waals surface area (Å²) in [5.74, 6) is 0. The number of anilines is 1. The van der Waals surface area contributed by atoms with Crippen molar-refractivity contribution in [1.82, 2.24) is 5.32 Å². The summed E-state index contributed by atoms with van der Waals surface area (Å²) in [7, 11) is 0. The van der Waals surface area contributed by atoms with E-state index in [0.29, 0.717) is 0 Å². The van der Waals surface area contributed by atoms with Crippen LogP contribution in [0.3, 0.4) is 0 Å². The molecule has 1 aliphatic heterocycles. The van der Waals surface area contributed by atoms with Gasteiger partial charge in [0, 0.05) is 23.8 Å². The van der Waals surface area contributed by atoms with Gasteiger partial charge in [-0.05, 0) is 49.6 Å². The molecule has 1 heterocycles. The molecule has 106 valence electrons. The van der Waals surface area contributed by atoms with Gasteiger partial charge in [-0.15, -0.1) is 0 Å². The van der Waals surface area contributed by atoms with E-state index in [9.17, 15) is 5.11 Å². The zero-order valence-electron chi connectivity index (χ0n) is 11.5. The standard InChI is InChI=1S/C15H23ClN2O/c1-2-17-10-12-9-13(16)6-7-15(12)18-8-4-3-5-14(18)11-19/h6-7,9,14,17,19H,2-5,8,10-11H2,1H3. The third-order valence-electron chi connectivity index (χ3n) is 3.75. The minimum absolute atomic E-state index is 0.225. The topological polar surface area (TPSA) is 35.5 Å². The normalized spacial score (nSPS) is 19.7. The van der Waals surface area contributed by atoms with Crippen molar-refractivity contribution in [1.29, 1.82) is 0 Å². The minimum Gasteiger partial charge on any atom is -0.394 e. The van der Waals surface area contributed by atoms with E-state index in [1.54, 1.807) is 0 Å². The highest BCUT2D eigenvalue weighted by molar-refractivity contribution is 6.30. The van der Waals surface area contributed by atoms with Crippen LogP contribution in [0.15, 0.2) is 18.2 Å². The number of rotatable bonds is 5. The van der Waals surface area contributed by atoms with Crippen molar-refractivity contribution in [3.05, 3.63) is 28.8 Å². The Balaban J connectivity index is 2.25. The molecular formula is C15H23ClN2O. The summed E-state index contributed by atoms with van der Waals surface area (Å²) in [5, 5.41) is 13.7. The molecule has 19 heavy (non-hydrogen) atoms. The lowest BCUT2D eigenvalue weighted by atomic mass is 10.00. The van der Waals surface area contributed by atoms with Crippen LogP contribution in [0.1, 0.15) is 31.7 Å². The third kappa shape index (κ3) is 3.62. The monoisotopic (exact) mass is 282 g/mol. The van der Waals surface area contributed by atoms with Crippen LogP contribution in [0.2, 0.25) is 5.02 Å². The van der Waals surface area contributed by atoms with E-state index in [1.807, 2.05) is 12.1 Å². The Bertz CT molecular complexity index is 411. The van der Waals surface area contributed by atoms with Crippen LogP contribution >= 0.6 is 11.6 Å². The zero-order valence-corrected chi connectivity index (χ0v) is 12.3. The molecule has 1 aromatic rings. The summed E-state index contributed by atoms with van der Waals surface area (Å²) < 4.78 is 0. The highest BCUT2D eigenvalue weighted by Crippen LogP contribution is 2.30. The van der Waals surface area contributed by atoms with E-state index in [0.717, 1.165) is 31.1 Å². The smallest absolute Gasteiger partial charge is 0.0635 e.